The van der Waals surface area contributed by atoms with Crippen LogP contribution in [-0.2, 0) is 11.3 Å². The Labute approximate surface area is 108 Å². The molecule has 0 spiro atoms. The Morgan fingerprint density at radius 3 is 2.95 bits per heavy atom. The van der Waals surface area contributed by atoms with Crippen molar-refractivity contribution in [2.75, 3.05) is 5.73 Å². The summed E-state index contributed by atoms with van der Waals surface area (Å²) in [6.45, 7) is 1.80. The molecule has 0 aliphatic heterocycles. The van der Waals surface area contributed by atoms with Gasteiger partial charge in [-0.1, -0.05) is 12.1 Å². The Balaban J connectivity index is 2.50. The topological polar surface area (TPSA) is 94.0 Å². The van der Waals surface area contributed by atoms with Crippen LogP contribution >= 0.6 is 0 Å². The van der Waals surface area contributed by atoms with Gasteiger partial charge >= 0.3 is 5.97 Å². The normalized spacial score (nSPS) is 11.2. The molecule has 0 atom stereocenters. The molecule has 0 saturated carbocycles. The van der Waals surface area contributed by atoms with Crippen LogP contribution in [0.4, 0.5) is 5.82 Å². The lowest BCUT2D eigenvalue weighted by Gasteiger charge is -2.03. The number of hydrogen-bond donors (Lipinski definition) is 2. The Morgan fingerprint density at radius 1 is 1.42 bits per heavy atom. The first-order chi connectivity index (χ1) is 9.08. The highest BCUT2D eigenvalue weighted by Gasteiger charge is 2.16. The van der Waals surface area contributed by atoms with Gasteiger partial charge in [0, 0.05) is 5.39 Å². The Kier molecular flexibility index (Phi) is 2.38. The van der Waals surface area contributed by atoms with Gasteiger partial charge in [-0.15, -0.1) is 0 Å². The first kappa shape index (κ1) is 11.5. The summed E-state index contributed by atoms with van der Waals surface area (Å²) in [6.07, 6.45) is 1.35. The van der Waals surface area contributed by atoms with E-state index in [1.54, 1.807) is 4.57 Å². The zero-order valence-electron chi connectivity index (χ0n) is 10.3. The highest BCUT2D eigenvalue weighted by molar-refractivity contribution is 6.11. The molecular formula is C13H12N4O2. The van der Waals surface area contributed by atoms with E-state index in [-0.39, 0.29) is 6.54 Å². The Morgan fingerprint density at radius 2 is 2.21 bits per heavy atom. The monoisotopic (exact) mass is 256 g/mol. The number of anilines is 1. The number of benzene rings is 1. The summed E-state index contributed by atoms with van der Waals surface area (Å²) >= 11 is 0. The molecule has 0 bridgehead atoms. The minimum atomic E-state index is -0.919. The third kappa shape index (κ3) is 1.69. The van der Waals surface area contributed by atoms with Crippen molar-refractivity contribution in [2.24, 2.45) is 0 Å². The van der Waals surface area contributed by atoms with Crippen molar-refractivity contribution >= 4 is 33.7 Å². The largest absolute Gasteiger partial charge is 0.480 e. The lowest BCUT2D eigenvalue weighted by atomic mass is 10.1. The summed E-state index contributed by atoms with van der Waals surface area (Å²) < 4.78 is 1.65. The van der Waals surface area contributed by atoms with Crippen molar-refractivity contribution in [1.29, 1.82) is 0 Å². The molecule has 0 saturated heterocycles. The van der Waals surface area contributed by atoms with Gasteiger partial charge in [0.15, 0.2) is 0 Å². The van der Waals surface area contributed by atoms with E-state index in [0.717, 1.165) is 16.5 Å². The lowest BCUT2D eigenvalue weighted by Crippen LogP contribution is -2.09. The van der Waals surface area contributed by atoms with Gasteiger partial charge in [0.25, 0.3) is 0 Å². The van der Waals surface area contributed by atoms with Gasteiger partial charge in [0.2, 0.25) is 0 Å². The van der Waals surface area contributed by atoms with E-state index in [9.17, 15) is 4.79 Å². The van der Waals surface area contributed by atoms with Crippen molar-refractivity contribution in [1.82, 2.24) is 14.5 Å². The maximum atomic E-state index is 11.0. The van der Waals surface area contributed by atoms with Crippen LogP contribution in [0, 0.1) is 6.92 Å². The predicted molar refractivity (Wildman–Crippen MR) is 71.8 cm³/mol. The lowest BCUT2D eigenvalue weighted by molar-refractivity contribution is -0.137. The minimum Gasteiger partial charge on any atom is -0.480 e. The van der Waals surface area contributed by atoms with E-state index < -0.39 is 5.97 Å². The van der Waals surface area contributed by atoms with E-state index in [1.807, 2.05) is 25.1 Å². The molecule has 0 unspecified atom stereocenters. The van der Waals surface area contributed by atoms with Crippen LogP contribution in [0.5, 0.6) is 0 Å². The quantitative estimate of drug-likeness (QED) is 0.725. The average molecular weight is 256 g/mol. The maximum Gasteiger partial charge on any atom is 0.323 e. The number of aliphatic carboxylic acids is 1. The molecule has 96 valence electrons. The summed E-state index contributed by atoms with van der Waals surface area (Å²) in [5.74, 6) is -0.555. The molecule has 2 aromatic heterocycles. The van der Waals surface area contributed by atoms with Gasteiger partial charge < -0.3 is 15.4 Å². The second-order valence-corrected chi connectivity index (χ2v) is 4.46. The molecule has 6 heteroatoms. The Bertz CT molecular complexity index is 807. The smallest absolute Gasteiger partial charge is 0.323 e. The van der Waals surface area contributed by atoms with Crippen LogP contribution < -0.4 is 5.73 Å². The molecule has 19 heavy (non-hydrogen) atoms. The third-order valence-electron chi connectivity index (χ3n) is 3.12. The predicted octanol–water partition coefficient (Wildman–Crippen LogP) is 1.56. The van der Waals surface area contributed by atoms with Crippen molar-refractivity contribution in [2.45, 2.75) is 13.5 Å². The molecule has 0 fully saturated rings. The first-order valence-electron chi connectivity index (χ1n) is 5.79. The molecule has 2 heterocycles. The second kappa shape index (κ2) is 3.94. The Hall–Kier alpha value is -2.63. The van der Waals surface area contributed by atoms with Crippen LogP contribution in [0.3, 0.4) is 0 Å². The molecule has 3 aromatic rings. The van der Waals surface area contributed by atoms with E-state index in [1.165, 1.54) is 6.33 Å². The number of nitrogen functional groups attached to an aromatic ring is 1. The number of rotatable bonds is 2. The molecule has 0 amide bonds. The zero-order valence-corrected chi connectivity index (χ0v) is 10.3. The standard InChI is InChI=1S/C13H12N4O2/c1-7-2-3-8-9(4-7)17(5-10(18)19)13-11(8)12(14)15-6-16-13/h2-4,6H,5H2,1H3,(H,18,19)(H2,14,15,16). The third-order valence-corrected chi connectivity index (χ3v) is 3.12. The van der Waals surface area contributed by atoms with Crippen molar-refractivity contribution in [3.05, 3.63) is 30.1 Å². The van der Waals surface area contributed by atoms with Crippen LogP contribution in [-0.4, -0.2) is 25.6 Å². The van der Waals surface area contributed by atoms with Gasteiger partial charge in [-0.3, -0.25) is 4.79 Å². The van der Waals surface area contributed by atoms with Gasteiger partial charge in [0.1, 0.15) is 24.3 Å². The second-order valence-electron chi connectivity index (χ2n) is 4.46. The summed E-state index contributed by atoms with van der Waals surface area (Å²) in [5, 5.41) is 10.6. The summed E-state index contributed by atoms with van der Waals surface area (Å²) in [7, 11) is 0. The maximum absolute atomic E-state index is 11.0. The van der Waals surface area contributed by atoms with Gasteiger partial charge in [-0.25, -0.2) is 9.97 Å². The molecule has 1 aromatic carbocycles. The number of carbonyl (C=O) groups is 1. The van der Waals surface area contributed by atoms with Crippen molar-refractivity contribution in [3.63, 3.8) is 0 Å². The highest BCUT2D eigenvalue weighted by atomic mass is 16.4. The number of carboxylic acids is 1. The van der Waals surface area contributed by atoms with Crippen molar-refractivity contribution in [3.8, 4) is 0 Å². The van der Waals surface area contributed by atoms with Gasteiger partial charge in [0.05, 0.1) is 10.9 Å². The SMILES string of the molecule is Cc1ccc2c3c(N)ncnc3n(CC(=O)O)c2c1. The highest BCUT2D eigenvalue weighted by Crippen LogP contribution is 2.31. The van der Waals surface area contributed by atoms with Crippen molar-refractivity contribution < 1.29 is 9.90 Å². The fraction of sp³-hybridized carbons (Fsp3) is 0.154. The number of nitrogens with two attached hydrogens (primary N) is 1. The first-order valence-corrected chi connectivity index (χ1v) is 5.79. The van der Waals surface area contributed by atoms with E-state index >= 15 is 0 Å². The molecule has 3 rings (SSSR count). The molecule has 0 radical (unpaired) electrons. The van der Waals surface area contributed by atoms with Crippen LogP contribution in [0.25, 0.3) is 21.9 Å². The number of aryl methyl sites for hydroxylation is 1. The fourth-order valence-electron chi connectivity index (χ4n) is 2.34. The molecule has 0 aliphatic carbocycles. The number of nitrogens with zero attached hydrogens (tertiary/aromatic N) is 3. The average Bonchev–Trinajstić information content (AvgIpc) is 2.64. The molecular weight excluding hydrogens is 244 g/mol. The fourth-order valence-corrected chi connectivity index (χ4v) is 2.34. The van der Waals surface area contributed by atoms with Crippen LogP contribution in [0.1, 0.15) is 5.56 Å². The van der Waals surface area contributed by atoms with E-state index in [0.29, 0.717) is 16.9 Å². The van der Waals surface area contributed by atoms with Gasteiger partial charge in [-0.2, -0.15) is 0 Å². The molecule has 3 N–H and O–H groups in total. The summed E-state index contributed by atoms with van der Waals surface area (Å²) in [4.78, 5) is 19.2. The van der Waals surface area contributed by atoms with Gasteiger partial charge in [-0.05, 0) is 18.6 Å². The summed E-state index contributed by atoms with van der Waals surface area (Å²) in [6, 6.07) is 5.81. The number of aromatic nitrogens is 3. The van der Waals surface area contributed by atoms with Crippen LogP contribution in [0.15, 0.2) is 24.5 Å². The van der Waals surface area contributed by atoms with E-state index in [2.05, 4.69) is 9.97 Å². The number of fused-ring (bicyclic) bond motifs is 3. The van der Waals surface area contributed by atoms with E-state index in [4.69, 9.17) is 10.8 Å². The molecule has 6 nitrogen and oxygen atoms in total. The summed E-state index contributed by atoms with van der Waals surface area (Å²) in [5.41, 5.74) is 8.30. The zero-order chi connectivity index (χ0) is 13.6. The van der Waals surface area contributed by atoms with Crippen LogP contribution in [0.2, 0.25) is 0 Å². The minimum absolute atomic E-state index is 0.153. The number of carboxylic acid groups (broad SMARTS) is 1. The molecule has 0 aliphatic rings. The number of hydrogen-bond acceptors (Lipinski definition) is 4.